The number of hydrogen-bond donors (Lipinski definition) is 0. The number of carbonyl (C=O) groups is 2. The SMILES string of the molecule is CC(C)N(CCO[Si](C)(C)C(C)(C)C)C(=O)c1cc(F)ccc1Oc1cncnc1N1CCC2(CCN(C(=O)OC(C)(C)C)C2)C1. The molecule has 2 fully saturated rings. The first-order valence-corrected chi connectivity index (χ1v) is 19.2. The summed E-state index contributed by atoms with van der Waals surface area (Å²) in [5, 5.41) is 0.0446. The van der Waals surface area contributed by atoms with E-state index in [4.69, 9.17) is 13.9 Å². The van der Waals surface area contributed by atoms with Crippen molar-refractivity contribution in [2.75, 3.05) is 44.2 Å². The topological polar surface area (TPSA) is 97.3 Å². The second-order valence-electron chi connectivity index (χ2n) is 15.5. The van der Waals surface area contributed by atoms with Crippen LogP contribution in [0.2, 0.25) is 18.1 Å². The van der Waals surface area contributed by atoms with Gasteiger partial charge in [0, 0.05) is 44.2 Å². The van der Waals surface area contributed by atoms with Gasteiger partial charge in [-0.15, -0.1) is 0 Å². The van der Waals surface area contributed by atoms with E-state index in [1.807, 2.05) is 34.6 Å². The monoisotopic (exact) mass is 657 g/mol. The Kier molecular flexibility index (Phi) is 10.4. The van der Waals surface area contributed by atoms with Crippen molar-refractivity contribution in [1.29, 1.82) is 0 Å². The minimum Gasteiger partial charge on any atom is -0.451 e. The molecule has 1 aromatic heterocycles. The summed E-state index contributed by atoms with van der Waals surface area (Å²) in [5.74, 6) is 0.325. The molecule has 1 spiro atoms. The molecule has 0 aliphatic carbocycles. The van der Waals surface area contributed by atoms with Crippen LogP contribution in [0.25, 0.3) is 0 Å². The van der Waals surface area contributed by atoms with Gasteiger partial charge in [-0.05, 0) is 83.8 Å². The predicted molar refractivity (Wildman–Crippen MR) is 180 cm³/mol. The first kappa shape index (κ1) is 35.6. The Morgan fingerprint density at radius 3 is 2.41 bits per heavy atom. The van der Waals surface area contributed by atoms with Gasteiger partial charge in [-0.3, -0.25) is 4.79 Å². The van der Waals surface area contributed by atoms with Gasteiger partial charge in [-0.2, -0.15) is 0 Å². The zero-order valence-corrected chi connectivity index (χ0v) is 30.3. The van der Waals surface area contributed by atoms with E-state index < -0.39 is 19.7 Å². The number of nitrogens with zero attached hydrogens (tertiary/aromatic N) is 5. The molecule has 0 saturated carbocycles. The highest BCUT2D eigenvalue weighted by Gasteiger charge is 2.46. The Morgan fingerprint density at radius 2 is 1.76 bits per heavy atom. The lowest BCUT2D eigenvalue weighted by Crippen LogP contribution is -2.45. The predicted octanol–water partition coefficient (Wildman–Crippen LogP) is 7.12. The fraction of sp³-hybridized carbons (Fsp3) is 0.647. The highest BCUT2D eigenvalue weighted by atomic mass is 28.4. The van der Waals surface area contributed by atoms with Crippen molar-refractivity contribution in [1.82, 2.24) is 19.8 Å². The molecule has 2 aromatic rings. The number of likely N-dealkylation sites (tertiary alicyclic amines) is 1. The molecule has 3 heterocycles. The Hall–Kier alpha value is -3.25. The van der Waals surface area contributed by atoms with Crippen LogP contribution in [0.3, 0.4) is 0 Å². The summed E-state index contributed by atoms with van der Waals surface area (Å²) in [6.45, 7) is 23.8. The Morgan fingerprint density at radius 1 is 1.07 bits per heavy atom. The fourth-order valence-electron chi connectivity index (χ4n) is 5.73. The molecule has 0 bridgehead atoms. The molecule has 46 heavy (non-hydrogen) atoms. The zero-order valence-electron chi connectivity index (χ0n) is 29.3. The maximum atomic E-state index is 14.6. The van der Waals surface area contributed by atoms with E-state index in [0.29, 0.717) is 44.4 Å². The Balaban J connectivity index is 1.51. The van der Waals surface area contributed by atoms with Crippen molar-refractivity contribution in [3.8, 4) is 11.5 Å². The van der Waals surface area contributed by atoms with Gasteiger partial charge < -0.3 is 28.6 Å². The number of benzene rings is 1. The molecule has 4 rings (SSSR count). The molecule has 254 valence electrons. The van der Waals surface area contributed by atoms with E-state index in [1.54, 1.807) is 16.0 Å². The summed E-state index contributed by atoms with van der Waals surface area (Å²) in [6.07, 6.45) is 4.50. The number of carbonyl (C=O) groups excluding carboxylic acids is 2. The smallest absolute Gasteiger partial charge is 0.410 e. The molecule has 1 aromatic carbocycles. The first-order chi connectivity index (χ1) is 21.3. The third-order valence-electron chi connectivity index (χ3n) is 9.36. The van der Waals surface area contributed by atoms with Crippen molar-refractivity contribution in [3.63, 3.8) is 0 Å². The lowest BCUT2D eigenvalue weighted by molar-refractivity contribution is 0.0276. The number of hydrogen-bond acceptors (Lipinski definition) is 8. The maximum absolute atomic E-state index is 14.6. The summed E-state index contributed by atoms with van der Waals surface area (Å²) in [4.78, 5) is 41.0. The van der Waals surface area contributed by atoms with Crippen LogP contribution in [0.1, 0.15) is 78.6 Å². The minimum absolute atomic E-state index is 0.0446. The van der Waals surface area contributed by atoms with Crippen LogP contribution < -0.4 is 9.64 Å². The van der Waals surface area contributed by atoms with Gasteiger partial charge in [-0.1, -0.05) is 20.8 Å². The highest BCUT2D eigenvalue weighted by molar-refractivity contribution is 6.74. The summed E-state index contributed by atoms with van der Waals surface area (Å²) < 4.78 is 32.9. The average Bonchev–Trinajstić information content (AvgIpc) is 3.57. The lowest BCUT2D eigenvalue weighted by Gasteiger charge is -2.37. The molecule has 12 heteroatoms. The summed E-state index contributed by atoms with van der Waals surface area (Å²) in [7, 11) is -2.01. The lowest BCUT2D eigenvalue weighted by atomic mass is 9.86. The van der Waals surface area contributed by atoms with Gasteiger partial charge in [0.15, 0.2) is 19.9 Å². The molecule has 2 aliphatic heterocycles. The number of ether oxygens (including phenoxy) is 2. The van der Waals surface area contributed by atoms with Crippen molar-refractivity contribution < 1.29 is 27.9 Å². The first-order valence-electron chi connectivity index (χ1n) is 16.3. The molecule has 2 saturated heterocycles. The maximum Gasteiger partial charge on any atom is 0.410 e. The molecule has 0 N–H and O–H groups in total. The minimum atomic E-state index is -2.01. The van der Waals surface area contributed by atoms with E-state index in [0.717, 1.165) is 19.4 Å². The third-order valence-corrected chi connectivity index (χ3v) is 13.9. The largest absolute Gasteiger partial charge is 0.451 e. The number of anilines is 1. The van der Waals surface area contributed by atoms with E-state index in [1.165, 1.54) is 24.5 Å². The number of amides is 2. The van der Waals surface area contributed by atoms with Crippen LogP contribution in [0.5, 0.6) is 11.5 Å². The normalized spacial score (nSPS) is 18.9. The molecular formula is C34H52FN5O5Si. The van der Waals surface area contributed by atoms with Gasteiger partial charge in [-0.25, -0.2) is 19.2 Å². The summed E-state index contributed by atoms with van der Waals surface area (Å²) >= 11 is 0. The second kappa shape index (κ2) is 13.5. The molecule has 2 amide bonds. The summed E-state index contributed by atoms with van der Waals surface area (Å²) in [5.41, 5.74) is -0.509. The third kappa shape index (κ3) is 8.36. The zero-order chi connectivity index (χ0) is 34.1. The number of rotatable bonds is 9. The van der Waals surface area contributed by atoms with E-state index in [2.05, 4.69) is 48.7 Å². The Labute approximate surface area is 274 Å². The molecule has 1 atom stereocenters. The van der Waals surface area contributed by atoms with Crippen LogP contribution in [-0.4, -0.2) is 91.1 Å². The van der Waals surface area contributed by atoms with Gasteiger partial charge in [0.1, 0.15) is 23.5 Å². The fourth-order valence-corrected chi connectivity index (χ4v) is 6.76. The molecule has 2 aliphatic rings. The average molecular weight is 658 g/mol. The molecular weight excluding hydrogens is 605 g/mol. The van der Waals surface area contributed by atoms with Crippen molar-refractivity contribution in [2.45, 2.75) is 98.0 Å². The molecule has 0 radical (unpaired) electrons. The van der Waals surface area contributed by atoms with Crippen LogP contribution in [0.4, 0.5) is 15.0 Å². The Bertz CT molecular complexity index is 1410. The number of halogens is 1. The van der Waals surface area contributed by atoms with Gasteiger partial charge in [0.25, 0.3) is 5.91 Å². The van der Waals surface area contributed by atoms with Crippen molar-refractivity contribution in [3.05, 3.63) is 42.1 Å². The van der Waals surface area contributed by atoms with Crippen molar-refractivity contribution in [2.24, 2.45) is 5.41 Å². The van der Waals surface area contributed by atoms with Crippen LogP contribution in [0, 0.1) is 11.2 Å². The van der Waals surface area contributed by atoms with Crippen LogP contribution in [0.15, 0.2) is 30.7 Å². The molecule has 1 unspecified atom stereocenters. The van der Waals surface area contributed by atoms with E-state index >= 15 is 0 Å². The van der Waals surface area contributed by atoms with E-state index in [-0.39, 0.29) is 39.8 Å². The highest BCUT2D eigenvalue weighted by Crippen LogP contribution is 2.43. The standard InChI is InChI=1S/C34H52FN5O5Si/c1-24(2)40(17-18-43-46(9,10)33(6,7)8)30(41)26-19-25(35)11-12-27(26)44-28-20-36-23-37-29(28)38-15-13-34(21-38)14-16-39(22-34)31(42)45-32(3,4)5/h11-12,19-20,23-24H,13-18,21-22H2,1-10H3. The quantitative estimate of drug-likeness (QED) is 0.263. The summed E-state index contributed by atoms with van der Waals surface area (Å²) in [6, 6.07) is 3.84. The second-order valence-corrected chi connectivity index (χ2v) is 20.3. The molecule has 10 nitrogen and oxygen atoms in total. The van der Waals surface area contributed by atoms with Gasteiger partial charge in [0.2, 0.25) is 0 Å². The van der Waals surface area contributed by atoms with Crippen molar-refractivity contribution >= 4 is 26.1 Å². The van der Waals surface area contributed by atoms with Crippen LogP contribution >= 0.6 is 0 Å². The van der Waals surface area contributed by atoms with Gasteiger partial charge >= 0.3 is 6.09 Å². The van der Waals surface area contributed by atoms with Crippen LogP contribution in [-0.2, 0) is 9.16 Å². The number of aromatic nitrogens is 2. The van der Waals surface area contributed by atoms with Gasteiger partial charge in [0.05, 0.1) is 18.4 Å². The van der Waals surface area contributed by atoms with E-state index in [9.17, 15) is 14.0 Å².